The van der Waals surface area contributed by atoms with Crippen molar-refractivity contribution in [3.05, 3.63) is 64.1 Å². The van der Waals surface area contributed by atoms with Crippen molar-refractivity contribution < 1.29 is 17.9 Å². The predicted octanol–water partition coefficient (Wildman–Crippen LogP) is 3.10. The lowest BCUT2D eigenvalue weighted by Crippen LogP contribution is -2.23. The summed E-state index contributed by atoms with van der Waals surface area (Å²) in [6.45, 7) is 2.09. The van der Waals surface area contributed by atoms with Gasteiger partial charge in [0.15, 0.2) is 0 Å². The standard InChI is InChI=1S/C16H16BrNO4S/c1-2-18-23(20,21)15-5-3-4-13(10-15)16(19)22-11-12-6-8-14(17)9-7-12/h3-10,18H,2,11H2,1H3. The summed E-state index contributed by atoms with van der Waals surface area (Å²) in [6.07, 6.45) is 0. The van der Waals surface area contributed by atoms with Gasteiger partial charge in [0.1, 0.15) is 6.61 Å². The van der Waals surface area contributed by atoms with Crippen molar-refractivity contribution in [2.75, 3.05) is 6.54 Å². The summed E-state index contributed by atoms with van der Waals surface area (Å²) in [7, 11) is -3.60. The molecule has 0 aliphatic carbocycles. The van der Waals surface area contributed by atoms with Crippen LogP contribution in [0.25, 0.3) is 0 Å². The molecule has 0 heterocycles. The Hall–Kier alpha value is -1.70. The van der Waals surface area contributed by atoms with Crippen molar-refractivity contribution in [3.63, 3.8) is 0 Å². The number of rotatable bonds is 6. The lowest BCUT2D eigenvalue weighted by Gasteiger charge is -2.08. The van der Waals surface area contributed by atoms with Gasteiger partial charge in [-0.2, -0.15) is 0 Å². The van der Waals surface area contributed by atoms with Crippen molar-refractivity contribution in [2.24, 2.45) is 0 Å². The number of hydrogen-bond acceptors (Lipinski definition) is 4. The quantitative estimate of drug-likeness (QED) is 0.759. The van der Waals surface area contributed by atoms with Crippen molar-refractivity contribution in [1.82, 2.24) is 4.72 Å². The first-order valence-electron chi connectivity index (χ1n) is 6.93. The van der Waals surface area contributed by atoms with Crippen molar-refractivity contribution >= 4 is 31.9 Å². The van der Waals surface area contributed by atoms with E-state index in [9.17, 15) is 13.2 Å². The van der Waals surface area contributed by atoms with Crippen LogP contribution >= 0.6 is 15.9 Å². The second kappa shape index (κ2) is 7.72. The SMILES string of the molecule is CCNS(=O)(=O)c1cccc(C(=O)OCc2ccc(Br)cc2)c1. The van der Waals surface area contributed by atoms with Gasteiger partial charge in [-0.05, 0) is 35.9 Å². The van der Waals surface area contributed by atoms with Crippen molar-refractivity contribution in [3.8, 4) is 0 Å². The average molecular weight is 398 g/mol. The number of nitrogens with one attached hydrogen (secondary N) is 1. The number of halogens is 1. The van der Waals surface area contributed by atoms with Crippen LogP contribution in [0, 0.1) is 0 Å². The molecule has 0 atom stereocenters. The minimum atomic E-state index is -3.60. The third-order valence-electron chi connectivity index (χ3n) is 3.00. The second-order valence-corrected chi connectivity index (χ2v) is 7.41. The maximum absolute atomic E-state index is 12.1. The van der Waals surface area contributed by atoms with Crippen LogP contribution in [0.3, 0.4) is 0 Å². The van der Waals surface area contributed by atoms with Crippen LogP contribution in [0.15, 0.2) is 57.9 Å². The Morgan fingerprint density at radius 1 is 1.17 bits per heavy atom. The summed E-state index contributed by atoms with van der Waals surface area (Å²) in [4.78, 5) is 12.1. The van der Waals surface area contributed by atoms with Crippen LogP contribution in [-0.2, 0) is 21.4 Å². The Morgan fingerprint density at radius 2 is 1.87 bits per heavy atom. The highest BCUT2D eigenvalue weighted by molar-refractivity contribution is 9.10. The van der Waals surface area contributed by atoms with Gasteiger partial charge >= 0.3 is 5.97 Å². The lowest BCUT2D eigenvalue weighted by atomic mass is 10.2. The molecule has 7 heteroatoms. The minimum Gasteiger partial charge on any atom is -0.457 e. The molecule has 5 nitrogen and oxygen atoms in total. The summed E-state index contributed by atoms with van der Waals surface area (Å²) < 4.78 is 32.4. The number of ether oxygens (including phenoxy) is 1. The van der Waals surface area contributed by atoms with Crippen LogP contribution in [0.2, 0.25) is 0 Å². The van der Waals surface area contributed by atoms with Crippen molar-refractivity contribution in [1.29, 1.82) is 0 Å². The third-order valence-corrected chi connectivity index (χ3v) is 5.07. The number of carbonyl (C=O) groups is 1. The van der Waals surface area contributed by atoms with Gasteiger partial charge in [-0.1, -0.05) is 41.1 Å². The van der Waals surface area contributed by atoms with Gasteiger partial charge in [0, 0.05) is 11.0 Å². The van der Waals surface area contributed by atoms with E-state index in [1.807, 2.05) is 24.3 Å². The number of carbonyl (C=O) groups excluding carboxylic acids is 1. The minimum absolute atomic E-state index is 0.0393. The fourth-order valence-electron chi connectivity index (χ4n) is 1.88. The summed E-state index contributed by atoms with van der Waals surface area (Å²) in [5.41, 5.74) is 1.04. The first-order chi connectivity index (χ1) is 10.9. The summed E-state index contributed by atoms with van der Waals surface area (Å²) >= 11 is 3.33. The molecule has 2 aromatic rings. The Morgan fingerprint density at radius 3 is 2.52 bits per heavy atom. The molecule has 0 aliphatic heterocycles. The molecule has 2 aromatic carbocycles. The number of benzene rings is 2. The second-order valence-electron chi connectivity index (χ2n) is 4.73. The van der Waals surface area contributed by atoms with Gasteiger partial charge in [-0.25, -0.2) is 17.9 Å². The molecular weight excluding hydrogens is 382 g/mol. The molecule has 0 saturated heterocycles. The molecule has 2 rings (SSSR count). The zero-order valence-electron chi connectivity index (χ0n) is 12.5. The van der Waals surface area contributed by atoms with Gasteiger partial charge < -0.3 is 4.74 Å². The highest BCUT2D eigenvalue weighted by Gasteiger charge is 2.15. The molecule has 0 fully saturated rings. The normalized spacial score (nSPS) is 11.2. The first kappa shape index (κ1) is 17.7. The summed E-state index contributed by atoms with van der Waals surface area (Å²) in [5.74, 6) is -0.568. The number of esters is 1. The Labute approximate surface area is 143 Å². The Balaban J connectivity index is 2.09. The maximum atomic E-state index is 12.1. The van der Waals surface area contributed by atoms with Crippen LogP contribution in [0.5, 0.6) is 0 Å². The van der Waals surface area contributed by atoms with Crippen LogP contribution in [0.1, 0.15) is 22.8 Å². The van der Waals surface area contributed by atoms with Crippen LogP contribution < -0.4 is 4.72 Å². The van der Waals surface area contributed by atoms with Gasteiger partial charge in [0.05, 0.1) is 10.5 Å². The molecular formula is C16H16BrNO4S. The Bertz CT molecular complexity index is 788. The van der Waals surface area contributed by atoms with Gasteiger partial charge in [0.25, 0.3) is 0 Å². The lowest BCUT2D eigenvalue weighted by molar-refractivity contribution is 0.0472. The molecule has 0 saturated carbocycles. The topological polar surface area (TPSA) is 72.5 Å². The fraction of sp³-hybridized carbons (Fsp3) is 0.188. The molecule has 0 amide bonds. The van der Waals surface area contributed by atoms with Crippen LogP contribution in [0.4, 0.5) is 0 Å². The summed E-state index contributed by atoms with van der Waals surface area (Å²) in [5, 5.41) is 0. The number of hydrogen-bond donors (Lipinski definition) is 1. The van der Waals surface area contributed by atoms with E-state index < -0.39 is 16.0 Å². The van der Waals surface area contributed by atoms with Gasteiger partial charge in [0.2, 0.25) is 10.0 Å². The smallest absolute Gasteiger partial charge is 0.338 e. The van der Waals surface area contributed by atoms with E-state index in [1.54, 1.807) is 6.92 Å². The Kier molecular flexibility index (Phi) is 5.92. The highest BCUT2D eigenvalue weighted by atomic mass is 79.9. The molecule has 0 aromatic heterocycles. The van der Waals surface area contributed by atoms with E-state index in [0.717, 1.165) is 10.0 Å². The van der Waals surface area contributed by atoms with Crippen molar-refractivity contribution in [2.45, 2.75) is 18.4 Å². The van der Waals surface area contributed by atoms with E-state index >= 15 is 0 Å². The van der Waals surface area contributed by atoms with Crippen LogP contribution in [-0.4, -0.2) is 20.9 Å². The molecule has 0 unspecified atom stereocenters. The fourth-order valence-corrected chi connectivity index (χ4v) is 3.23. The predicted molar refractivity (Wildman–Crippen MR) is 90.6 cm³/mol. The third kappa shape index (κ3) is 4.89. The molecule has 0 aliphatic rings. The zero-order valence-corrected chi connectivity index (χ0v) is 14.9. The van der Waals surface area contributed by atoms with E-state index in [1.165, 1.54) is 24.3 Å². The van der Waals surface area contributed by atoms with E-state index in [4.69, 9.17) is 4.74 Å². The number of sulfonamides is 1. The maximum Gasteiger partial charge on any atom is 0.338 e. The molecule has 0 bridgehead atoms. The molecule has 0 spiro atoms. The average Bonchev–Trinajstić information content (AvgIpc) is 2.54. The molecule has 0 radical (unpaired) electrons. The molecule has 1 N–H and O–H groups in total. The zero-order chi connectivity index (χ0) is 16.9. The van der Waals surface area contributed by atoms with E-state index in [2.05, 4.69) is 20.7 Å². The van der Waals surface area contributed by atoms with E-state index in [0.29, 0.717) is 0 Å². The largest absolute Gasteiger partial charge is 0.457 e. The molecule has 122 valence electrons. The summed E-state index contributed by atoms with van der Waals surface area (Å²) in [6, 6.07) is 13.2. The monoisotopic (exact) mass is 397 g/mol. The molecule has 23 heavy (non-hydrogen) atoms. The van der Waals surface area contributed by atoms with Gasteiger partial charge in [-0.3, -0.25) is 0 Å². The highest BCUT2D eigenvalue weighted by Crippen LogP contribution is 2.14. The first-order valence-corrected chi connectivity index (χ1v) is 9.21. The van der Waals surface area contributed by atoms with E-state index in [-0.39, 0.29) is 23.6 Å². The van der Waals surface area contributed by atoms with Gasteiger partial charge in [-0.15, -0.1) is 0 Å².